The molecule has 1 aliphatic rings. The van der Waals surface area contributed by atoms with E-state index in [4.69, 9.17) is 9.47 Å². The molecule has 1 aromatic rings. The van der Waals surface area contributed by atoms with Crippen LogP contribution in [0.25, 0.3) is 0 Å². The topological polar surface area (TPSA) is 18.5 Å². The maximum absolute atomic E-state index is 5.57. The Bertz CT molecular complexity index is 333. The number of methoxy groups -OCH3 is 1. The molecule has 82 valence electrons. The van der Waals surface area contributed by atoms with Crippen molar-refractivity contribution in [3.05, 3.63) is 34.9 Å². The van der Waals surface area contributed by atoms with Crippen LogP contribution in [0.15, 0.2) is 18.2 Å². The molecule has 0 aliphatic carbocycles. The maximum Gasteiger partial charge on any atom is 0.0719 e. The number of rotatable bonds is 3. The van der Waals surface area contributed by atoms with E-state index in [1.54, 1.807) is 7.11 Å². The van der Waals surface area contributed by atoms with E-state index in [9.17, 15) is 0 Å². The van der Waals surface area contributed by atoms with Gasteiger partial charge in [0.15, 0.2) is 0 Å². The third-order valence-electron chi connectivity index (χ3n) is 3.03. The van der Waals surface area contributed by atoms with Crippen molar-refractivity contribution in [1.29, 1.82) is 0 Å². The first-order valence-corrected chi connectivity index (χ1v) is 5.53. The summed E-state index contributed by atoms with van der Waals surface area (Å²) in [4.78, 5) is 0. The summed E-state index contributed by atoms with van der Waals surface area (Å²) in [5.41, 5.74) is 4.06. The molecule has 0 fully saturated rings. The highest BCUT2D eigenvalue weighted by Crippen LogP contribution is 2.29. The van der Waals surface area contributed by atoms with E-state index in [0.29, 0.717) is 12.5 Å². The van der Waals surface area contributed by atoms with Gasteiger partial charge in [-0.15, -0.1) is 0 Å². The van der Waals surface area contributed by atoms with Crippen LogP contribution < -0.4 is 0 Å². The lowest BCUT2D eigenvalue weighted by atomic mass is 9.90. The molecule has 1 aliphatic heterocycles. The van der Waals surface area contributed by atoms with Gasteiger partial charge in [-0.2, -0.15) is 0 Å². The van der Waals surface area contributed by atoms with E-state index < -0.39 is 0 Å². The Kier molecular flexibility index (Phi) is 3.39. The van der Waals surface area contributed by atoms with Crippen molar-refractivity contribution in [2.24, 2.45) is 0 Å². The Labute approximate surface area is 91.2 Å². The molecule has 0 saturated carbocycles. The van der Waals surface area contributed by atoms with Crippen molar-refractivity contribution >= 4 is 0 Å². The predicted octanol–water partition coefficient (Wildman–Crippen LogP) is 2.86. The molecule has 0 spiro atoms. The Balaban J connectivity index is 2.30. The zero-order chi connectivity index (χ0) is 10.7. The first-order chi connectivity index (χ1) is 7.35. The maximum atomic E-state index is 5.57. The van der Waals surface area contributed by atoms with E-state index >= 15 is 0 Å². The summed E-state index contributed by atoms with van der Waals surface area (Å²) in [5, 5.41) is 0. The minimum Gasteiger partial charge on any atom is -0.380 e. The van der Waals surface area contributed by atoms with Crippen molar-refractivity contribution in [3.8, 4) is 0 Å². The minimum atomic E-state index is 0.561. The van der Waals surface area contributed by atoms with Crippen molar-refractivity contribution in [2.45, 2.75) is 32.5 Å². The predicted molar refractivity (Wildman–Crippen MR) is 59.8 cm³/mol. The fourth-order valence-electron chi connectivity index (χ4n) is 2.15. The van der Waals surface area contributed by atoms with Gasteiger partial charge in [0.2, 0.25) is 0 Å². The normalized spacial score (nSPS) is 20.0. The van der Waals surface area contributed by atoms with Crippen LogP contribution in [0.5, 0.6) is 0 Å². The molecule has 1 heterocycles. The molecule has 1 aromatic carbocycles. The third-order valence-corrected chi connectivity index (χ3v) is 3.03. The van der Waals surface area contributed by atoms with E-state index in [2.05, 4.69) is 25.1 Å². The highest BCUT2D eigenvalue weighted by molar-refractivity contribution is 5.35. The Hall–Kier alpha value is -0.860. The number of benzene rings is 1. The number of hydrogen-bond donors (Lipinski definition) is 0. The second kappa shape index (κ2) is 4.77. The van der Waals surface area contributed by atoms with Crippen LogP contribution in [0, 0.1) is 0 Å². The highest BCUT2D eigenvalue weighted by Gasteiger charge is 2.19. The zero-order valence-corrected chi connectivity index (χ0v) is 9.45. The molecular weight excluding hydrogens is 188 g/mol. The van der Waals surface area contributed by atoms with Gasteiger partial charge in [0, 0.05) is 13.0 Å². The van der Waals surface area contributed by atoms with Crippen LogP contribution in [-0.4, -0.2) is 13.7 Å². The Morgan fingerprint density at radius 3 is 3.07 bits per heavy atom. The molecular formula is C13H18O2. The van der Waals surface area contributed by atoms with Gasteiger partial charge in [-0.25, -0.2) is 0 Å². The van der Waals surface area contributed by atoms with Gasteiger partial charge >= 0.3 is 0 Å². The summed E-state index contributed by atoms with van der Waals surface area (Å²) in [7, 11) is 1.74. The van der Waals surface area contributed by atoms with Gasteiger partial charge in [0.1, 0.15) is 0 Å². The largest absolute Gasteiger partial charge is 0.380 e. The van der Waals surface area contributed by atoms with Gasteiger partial charge in [-0.05, 0) is 23.1 Å². The smallest absolute Gasteiger partial charge is 0.0719 e. The molecule has 0 amide bonds. The monoisotopic (exact) mass is 206 g/mol. The summed E-state index contributed by atoms with van der Waals surface area (Å²) in [6.07, 6.45) is 1.14. The molecule has 0 radical (unpaired) electrons. The number of ether oxygens (including phenoxy) is 2. The lowest BCUT2D eigenvalue weighted by Crippen LogP contribution is -2.16. The van der Waals surface area contributed by atoms with Crippen molar-refractivity contribution in [2.75, 3.05) is 13.7 Å². The molecule has 1 atom stereocenters. The van der Waals surface area contributed by atoms with Crippen LogP contribution in [0.4, 0.5) is 0 Å². The number of hydrogen-bond acceptors (Lipinski definition) is 2. The molecule has 2 nitrogen and oxygen atoms in total. The molecule has 2 heteroatoms. The number of fused-ring (bicyclic) bond motifs is 1. The van der Waals surface area contributed by atoms with Crippen LogP contribution in [0.1, 0.15) is 36.0 Å². The fourth-order valence-corrected chi connectivity index (χ4v) is 2.15. The molecule has 0 saturated heterocycles. The van der Waals surface area contributed by atoms with E-state index in [1.807, 2.05) is 0 Å². The van der Waals surface area contributed by atoms with Crippen molar-refractivity contribution < 1.29 is 9.47 Å². The second-order valence-electron chi connectivity index (χ2n) is 4.09. The van der Waals surface area contributed by atoms with Crippen LogP contribution >= 0.6 is 0 Å². The molecule has 2 rings (SSSR count). The summed E-state index contributed by atoms with van der Waals surface area (Å²) in [6.45, 7) is 4.54. The van der Waals surface area contributed by atoms with Crippen molar-refractivity contribution in [1.82, 2.24) is 0 Å². The average Bonchev–Trinajstić information content (AvgIpc) is 2.28. The Morgan fingerprint density at radius 2 is 2.33 bits per heavy atom. The molecule has 0 bridgehead atoms. The minimum absolute atomic E-state index is 0.561. The van der Waals surface area contributed by atoms with Gasteiger partial charge in [0.05, 0.1) is 19.8 Å². The van der Waals surface area contributed by atoms with Crippen molar-refractivity contribution in [3.63, 3.8) is 0 Å². The van der Waals surface area contributed by atoms with E-state index in [0.717, 1.165) is 19.6 Å². The third kappa shape index (κ3) is 2.21. The second-order valence-corrected chi connectivity index (χ2v) is 4.09. The summed E-state index contributed by atoms with van der Waals surface area (Å²) >= 11 is 0. The van der Waals surface area contributed by atoms with Gasteiger partial charge in [0.25, 0.3) is 0 Å². The van der Waals surface area contributed by atoms with Gasteiger partial charge in [-0.3, -0.25) is 0 Å². The van der Waals surface area contributed by atoms with Crippen LogP contribution in [0.2, 0.25) is 0 Å². The van der Waals surface area contributed by atoms with Crippen LogP contribution in [0.3, 0.4) is 0 Å². The molecule has 0 N–H and O–H groups in total. The summed E-state index contributed by atoms with van der Waals surface area (Å²) in [6, 6.07) is 6.57. The standard InChI is InChI=1S/C13H18O2/c1-3-11-8-15-9-12-5-4-10(7-14-2)6-13(11)12/h4-6,11H,3,7-9H2,1-2H3. The zero-order valence-electron chi connectivity index (χ0n) is 9.45. The summed E-state index contributed by atoms with van der Waals surface area (Å²) < 4.78 is 10.7. The van der Waals surface area contributed by atoms with Gasteiger partial charge in [-0.1, -0.05) is 25.1 Å². The molecule has 0 aromatic heterocycles. The van der Waals surface area contributed by atoms with E-state index in [-0.39, 0.29) is 0 Å². The fraction of sp³-hybridized carbons (Fsp3) is 0.538. The lowest BCUT2D eigenvalue weighted by molar-refractivity contribution is 0.0897. The van der Waals surface area contributed by atoms with Crippen LogP contribution in [-0.2, 0) is 22.7 Å². The Morgan fingerprint density at radius 1 is 1.47 bits per heavy atom. The first kappa shape index (κ1) is 10.7. The molecule has 1 unspecified atom stereocenters. The first-order valence-electron chi connectivity index (χ1n) is 5.53. The average molecular weight is 206 g/mol. The van der Waals surface area contributed by atoms with E-state index in [1.165, 1.54) is 16.7 Å². The molecule has 15 heavy (non-hydrogen) atoms. The lowest BCUT2D eigenvalue weighted by Gasteiger charge is -2.25. The summed E-state index contributed by atoms with van der Waals surface area (Å²) in [5.74, 6) is 0.561. The SMILES string of the molecule is CCC1COCc2ccc(COC)cc21. The quantitative estimate of drug-likeness (QED) is 0.757. The van der Waals surface area contributed by atoms with Gasteiger partial charge < -0.3 is 9.47 Å². The highest BCUT2D eigenvalue weighted by atomic mass is 16.5.